The lowest BCUT2D eigenvalue weighted by molar-refractivity contribution is 0.374. The zero-order chi connectivity index (χ0) is 11.1. The van der Waals surface area contributed by atoms with E-state index in [1.165, 1.54) is 11.1 Å². The highest BCUT2D eigenvalue weighted by Crippen LogP contribution is 2.34. The van der Waals surface area contributed by atoms with Crippen molar-refractivity contribution in [1.29, 1.82) is 0 Å². The van der Waals surface area contributed by atoms with Crippen LogP contribution >= 0.6 is 0 Å². The molecule has 80 valence electrons. The monoisotopic (exact) mass is 194 g/mol. The molecular weight excluding hydrogens is 172 g/mol. The average Bonchev–Trinajstić information content (AvgIpc) is 2.28. The molecule has 0 aromatic carbocycles. The van der Waals surface area contributed by atoms with Gasteiger partial charge < -0.3 is 4.42 Å². The predicted octanol–water partition coefficient (Wildman–Crippen LogP) is 4.32. The van der Waals surface area contributed by atoms with Gasteiger partial charge in [-0.15, -0.1) is 0 Å². The first-order valence-corrected chi connectivity index (χ1v) is 5.35. The fourth-order valence-corrected chi connectivity index (χ4v) is 1.88. The Labute approximate surface area is 87.5 Å². The molecule has 0 saturated heterocycles. The molecule has 0 amide bonds. The van der Waals surface area contributed by atoms with Crippen LogP contribution in [0, 0.1) is 13.8 Å². The highest BCUT2D eigenvalue weighted by molar-refractivity contribution is 5.35. The molecule has 0 aliphatic heterocycles. The molecule has 0 saturated carbocycles. The van der Waals surface area contributed by atoms with Crippen molar-refractivity contribution >= 4 is 0 Å². The third-order valence-corrected chi connectivity index (χ3v) is 2.69. The summed E-state index contributed by atoms with van der Waals surface area (Å²) in [6.07, 6.45) is 0. The second-order valence-corrected chi connectivity index (χ2v) is 5.45. The van der Waals surface area contributed by atoms with E-state index in [-0.39, 0.29) is 5.41 Å². The van der Waals surface area contributed by atoms with Crippen molar-refractivity contribution in [2.75, 3.05) is 0 Å². The summed E-state index contributed by atoms with van der Waals surface area (Å²) in [4.78, 5) is 0. The van der Waals surface area contributed by atoms with E-state index >= 15 is 0 Å². The Morgan fingerprint density at radius 3 is 1.71 bits per heavy atom. The lowest BCUT2D eigenvalue weighted by atomic mass is 9.90. The summed E-state index contributed by atoms with van der Waals surface area (Å²) in [6, 6.07) is 0. The minimum absolute atomic E-state index is 0.113. The van der Waals surface area contributed by atoms with Crippen LogP contribution < -0.4 is 0 Å². The first-order valence-electron chi connectivity index (χ1n) is 5.35. The van der Waals surface area contributed by atoms with Gasteiger partial charge in [-0.25, -0.2) is 0 Å². The number of furan rings is 1. The van der Waals surface area contributed by atoms with Gasteiger partial charge in [0.25, 0.3) is 0 Å². The lowest BCUT2D eigenvalue weighted by Gasteiger charge is -2.16. The first-order chi connectivity index (χ1) is 6.25. The van der Waals surface area contributed by atoms with Gasteiger partial charge in [0.1, 0.15) is 11.5 Å². The Morgan fingerprint density at radius 1 is 1.00 bits per heavy atom. The smallest absolute Gasteiger partial charge is 0.112 e. The average molecular weight is 194 g/mol. The van der Waals surface area contributed by atoms with Gasteiger partial charge in [0.15, 0.2) is 0 Å². The maximum atomic E-state index is 5.97. The van der Waals surface area contributed by atoms with Crippen molar-refractivity contribution in [3.8, 4) is 0 Å². The van der Waals surface area contributed by atoms with Crippen LogP contribution in [0.2, 0.25) is 0 Å². The maximum absolute atomic E-state index is 5.97. The Balaban J connectivity index is 3.29. The summed E-state index contributed by atoms with van der Waals surface area (Å²) in [7, 11) is 0. The highest BCUT2D eigenvalue weighted by atomic mass is 16.3. The molecule has 0 unspecified atom stereocenters. The zero-order valence-corrected chi connectivity index (χ0v) is 10.5. The van der Waals surface area contributed by atoms with Crippen molar-refractivity contribution in [1.82, 2.24) is 0 Å². The van der Waals surface area contributed by atoms with Gasteiger partial charge in [0.2, 0.25) is 0 Å². The van der Waals surface area contributed by atoms with Crippen molar-refractivity contribution in [3.05, 3.63) is 22.6 Å². The van der Waals surface area contributed by atoms with E-state index in [1.807, 2.05) is 0 Å². The molecule has 0 aliphatic carbocycles. The molecular formula is C13H22O. The van der Waals surface area contributed by atoms with Crippen LogP contribution in [0.5, 0.6) is 0 Å². The molecule has 1 rings (SSSR count). The lowest BCUT2D eigenvalue weighted by Crippen LogP contribution is -2.11. The number of hydrogen-bond donors (Lipinski definition) is 0. The van der Waals surface area contributed by atoms with Gasteiger partial charge in [-0.3, -0.25) is 0 Å². The van der Waals surface area contributed by atoms with Crippen molar-refractivity contribution in [2.45, 2.75) is 59.8 Å². The molecule has 1 heterocycles. The molecule has 0 N–H and O–H groups in total. The minimum Gasteiger partial charge on any atom is -0.465 e. The van der Waals surface area contributed by atoms with Crippen molar-refractivity contribution in [3.63, 3.8) is 0 Å². The Bertz CT molecular complexity index is 324. The Morgan fingerprint density at radius 2 is 1.50 bits per heavy atom. The van der Waals surface area contributed by atoms with Crippen molar-refractivity contribution in [2.24, 2.45) is 0 Å². The summed E-state index contributed by atoms with van der Waals surface area (Å²) in [5, 5.41) is 0. The maximum Gasteiger partial charge on any atom is 0.112 e. The second kappa shape index (κ2) is 3.45. The van der Waals surface area contributed by atoms with Gasteiger partial charge >= 0.3 is 0 Å². The Kier molecular flexibility index (Phi) is 2.80. The molecule has 0 atom stereocenters. The third-order valence-electron chi connectivity index (χ3n) is 2.69. The molecule has 0 fully saturated rings. The second-order valence-electron chi connectivity index (χ2n) is 5.45. The number of rotatable bonds is 1. The predicted molar refractivity (Wildman–Crippen MR) is 61.0 cm³/mol. The normalized spacial score (nSPS) is 12.6. The molecule has 14 heavy (non-hydrogen) atoms. The largest absolute Gasteiger partial charge is 0.465 e. The van der Waals surface area contributed by atoms with Crippen LogP contribution in [0.15, 0.2) is 4.42 Å². The summed E-state index contributed by atoms with van der Waals surface area (Å²) < 4.78 is 5.97. The molecule has 1 nitrogen and oxygen atoms in total. The molecule has 0 aliphatic rings. The molecule has 1 aromatic heterocycles. The minimum atomic E-state index is 0.113. The zero-order valence-electron chi connectivity index (χ0n) is 10.5. The molecule has 0 radical (unpaired) electrons. The van der Waals surface area contributed by atoms with Gasteiger partial charge in [-0.05, 0) is 25.0 Å². The van der Waals surface area contributed by atoms with Gasteiger partial charge in [-0.2, -0.15) is 0 Å². The van der Waals surface area contributed by atoms with Gasteiger partial charge in [0.05, 0.1) is 0 Å². The Hall–Kier alpha value is -0.720. The van der Waals surface area contributed by atoms with Gasteiger partial charge in [0, 0.05) is 11.3 Å². The van der Waals surface area contributed by atoms with Crippen LogP contribution in [0.4, 0.5) is 0 Å². The van der Waals surface area contributed by atoms with E-state index in [0.717, 1.165) is 11.5 Å². The van der Waals surface area contributed by atoms with E-state index < -0.39 is 0 Å². The SMILES string of the molecule is Cc1c(C(C)C)oc(C(C)(C)C)c1C. The molecule has 0 bridgehead atoms. The van der Waals surface area contributed by atoms with Crippen LogP contribution in [0.3, 0.4) is 0 Å². The molecule has 1 aromatic rings. The van der Waals surface area contributed by atoms with E-state index in [2.05, 4.69) is 48.5 Å². The summed E-state index contributed by atoms with van der Waals surface area (Å²) in [5.41, 5.74) is 2.76. The highest BCUT2D eigenvalue weighted by Gasteiger charge is 2.24. The molecule has 1 heteroatoms. The summed E-state index contributed by atoms with van der Waals surface area (Å²) >= 11 is 0. The summed E-state index contributed by atoms with van der Waals surface area (Å²) in [5.74, 6) is 2.76. The van der Waals surface area contributed by atoms with Crippen LogP contribution in [-0.4, -0.2) is 0 Å². The quantitative estimate of drug-likeness (QED) is 0.649. The van der Waals surface area contributed by atoms with E-state index in [4.69, 9.17) is 4.42 Å². The topological polar surface area (TPSA) is 13.1 Å². The van der Waals surface area contributed by atoms with E-state index in [9.17, 15) is 0 Å². The fraction of sp³-hybridized carbons (Fsp3) is 0.692. The van der Waals surface area contributed by atoms with Crippen LogP contribution in [-0.2, 0) is 5.41 Å². The first kappa shape index (κ1) is 11.4. The molecule has 0 spiro atoms. The van der Waals surface area contributed by atoms with Crippen LogP contribution in [0.25, 0.3) is 0 Å². The van der Waals surface area contributed by atoms with Gasteiger partial charge in [-0.1, -0.05) is 34.6 Å². The standard InChI is InChI=1S/C13H22O/c1-8(2)11-9(3)10(4)12(14-11)13(5,6)7/h8H,1-7H3. The summed E-state index contributed by atoms with van der Waals surface area (Å²) in [6.45, 7) is 15.3. The third kappa shape index (κ3) is 1.87. The van der Waals surface area contributed by atoms with E-state index in [0.29, 0.717) is 5.92 Å². The van der Waals surface area contributed by atoms with E-state index in [1.54, 1.807) is 0 Å². The van der Waals surface area contributed by atoms with Crippen LogP contribution in [0.1, 0.15) is 63.2 Å². The van der Waals surface area contributed by atoms with Crippen molar-refractivity contribution < 1.29 is 4.42 Å². The number of hydrogen-bond acceptors (Lipinski definition) is 1. The fourth-order valence-electron chi connectivity index (χ4n) is 1.88.